The van der Waals surface area contributed by atoms with E-state index in [0.717, 1.165) is 24.0 Å². The van der Waals surface area contributed by atoms with Gasteiger partial charge in [0.2, 0.25) is 0 Å². The van der Waals surface area contributed by atoms with E-state index in [1.165, 1.54) is 5.56 Å². The summed E-state index contributed by atoms with van der Waals surface area (Å²) in [6.45, 7) is 6.38. The van der Waals surface area contributed by atoms with Gasteiger partial charge in [0.15, 0.2) is 0 Å². The maximum Gasteiger partial charge on any atom is 0.0953 e. The van der Waals surface area contributed by atoms with Crippen LogP contribution in [0.2, 0.25) is 0 Å². The van der Waals surface area contributed by atoms with Gasteiger partial charge < -0.3 is 10.1 Å². The molecule has 0 spiro atoms. The Morgan fingerprint density at radius 2 is 2.00 bits per heavy atom. The Morgan fingerprint density at radius 1 is 1.29 bits per heavy atom. The van der Waals surface area contributed by atoms with Crippen molar-refractivity contribution in [2.45, 2.75) is 32.5 Å². The van der Waals surface area contributed by atoms with E-state index >= 15 is 0 Å². The second-order valence-electron chi connectivity index (χ2n) is 5.09. The van der Waals surface area contributed by atoms with Crippen LogP contribution in [0.4, 0.5) is 0 Å². The highest BCUT2D eigenvalue weighted by Crippen LogP contribution is 2.25. The molecule has 2 nitrogen and oxygen atoms in total. The van der Waals surface area contributed by atoms with Crippen molar-refractivity contribution in [1.29, 1.82) is 0 Å². The van der Waals surface area contributed by atoms with Crippen LogP contribution in [-0.4, -0.2) is 19.2 Å². The average Bonchev–Trinajstić information content (AvgIpc) is 2.29. The highest BCUT2D eigenvalue weighted by Gasteiger charge is 2.23. The molecule has 1 aromatic carbocycles. The second kappa shape index (κ2) is 5.98. The third-order valence-corrected chi connectivity index (χ3v) is 3.56. The molecule has 1 fully saturated rings. The van der Waals surface area contributed by atoms with E-state index < -0.39 is 0 Å². The molecule has 94 valence electrons. The fourth-order valence-corrected chi connectivity index (χ4v) is 2.51. The topological polar surface area (TPSA) is 21.3 Å². The minimum Gasteiger partial charge on any atom is -0.368 e. The van der Waals surface area contributed by atoms with Crippen molar-refractivity contribution in [3.8, 4) is 0 Å². The number of rotatable bonds is 3. The third-order valence-electron chi connectivity index (χ3n) is 3.03. The van der Waals surface area contributed by atoms with Crippen LogP contribution < -0.4 is 5.32 Å². The Bertz CT molecular complexity index is 350. The molecular weight excluding hydrogens is 278 g/mol. The molecule has 0 aromatic heterocycles. The van der Waals surface area contributed by atoms with Gasteiger partial charge in [0.05, 0.1) is 12.2 Å². The average molecular weight is 298 g/mol. The van der Waals surface area contributed by atoms with Gasteiger partial charge in [-0.1, -0.05) is 41.9 Å². The molecule has 1 saturated heterocycles. The van der Waals surface area contributed by atoms with Crippen molar-refractivity contribution in [3.05, 3.63) is 34.3 Å². The van der Waals surface area contributed by atoms with Crippen LogP contribution in [-0.2, 0) is 4.74 Å². The lowest BCUT2D eigenvalue weighted by molar-refractivity contribution is -0.0474. The monoisotopic (exact) mass is 297 g/mol. The molecule has 2 unspecified atom stereocenters. The van der Waals surface area contributed by atoms with Crippen molar-refractivity contribution < 1.29 is 4.74 Å². The van der Waals surface area contributed by atoms with Crippen LogP contribution in [0.15, 0.2) is 28.7 Å². The maximum absolute atomic E-state index is 6.15. The Hall–Kier alpha value is -0.380. The van der Waals surface area contributed by atoms with Gasteiger partial charge in [0.25, 0.3) is 0 Å². The molecular formula is C14H20BrNO. The fraction of sp³-hybridized carbons (Fsp3) is 0.571. The third kappa shape index (κ3) is 3.80. The highest BCUT2D eigenvalue weighted by molar-refractivity contribution is 9.10. The van der Waals surface area contributed by atoms with E-state index in [9.17, 15) is 0 Å². The van der Waals surface area contributed by atoms with Gasteiger partial charge in [-0.15, -0.1) is 0 Å². The molecule has 0 bridgehead atoms. The van der Waals surface area contributed by atoms with E-state index in [4.69, 9.17) is 4.74 Å². The van der Waals surface area contributed by atoms with Gasteiger partial charge in [0, 0.05) is 17.6 Å². The molecule has 0 amide bonds. The lowest BCUT2D eigenvalue weighted by atomic mass is 10.0. The summed E-state index contributed by atoms with van der Waals surface area (Å²) in [6.07, 6.45) is 1.66. The first-order valence-corrected chi connectivity index (χ1v) is 7.06. The number of hydrogen-bond acceptors (Lipinski definition) is 2. The number of hydrogen-bond donors (Lipinski definition) is 1. The van der Waals surface area contributed by atoms with Gasteiger partial charge in [-0.25, -0.2) is 0 Å². The predicted octanol–water partition coefficient (Wildman–Crippen LogP) is 3.52. The smallest absolute Gasteiger partial charge is 0.0953 e. The molecule has 0 aliphatic carbocycles. The zero-order chi connectivity index (χ0) is 12.3. The normalized spacial score (nSPS) is 25.2. The summed E-state index contributed by atoms with van der Waals surface area (Å²) in [7, 11) is 0. The van der Waals surface area contributed by atoms with Crippen LogP contribution in [0.1, 0.15) is 31.9 Å². The van der Waals surface area contributed by atoms with Crippen molar-refractivity contribution in [2.75, 3.05) is 13.1 Å². The SMILES string of the molecule is CC(C)CC1CNCC(c2ccc(Br)cc2)O1. The van der Waals surface area contributed by atoms with Crippen LogP contribution >= 0.6 is 15.9 Å². The van der Waals surface area contributed by atoms with Crippen molar-refractivity contribution >= 4 is 15.9 Å². The number of morpholine rings is 1. The van der Waals surface area contributed by atoms with Gasteiger partial charge in [-0.05, 0) is 30.0 Å². The zero-order valence-corrected chi connectivity index (χ0v) is 12.0. The molecule has 1 aliphatic heterocycles. The fourth-order valence-electron chi connectivity index (χ4n) is 2.24. The summed E-state index contributed by atoms with van der Waals surface area (Å²) in [6, 6.07) is 8.41. The maximum atomic E-state index is 6.15. The summed E-state index contributed by atoms with van der Waals surface area (Å²) < 4.78 is 7.26. The first-order valence-electron chi connectivity index (χ1n) is 6.27. The Kier molecular flexibility index (Phi) is 4.60. The Labute approximate surface area is 112 Å². The van der Waals surface area contributed by atoms with E-state index in [0.29, 0.717) is 12.0 Å². The molecule has 1 aliphatic rings. The number of benzene rings is 1. The first-order chi connectivity index (χ1) is 8.15. The van der Waals surface area contributed by atoms with E-state index in [2.05, 4.69) is 59.4 Å². The van der Waals surface area contributed by atoms with Crippen LogP contribution in [0.3, 0.4) is 0 Å². The molecule has 1 aromatic rings. The molecule has 1 heterocycles. The van der Waals surface area contributed by atoms with E-state index in [1.54, 1.807) is 0 Å². The summed E-state index contributed by atoms with van der Waals surface area (Å²) in [5.41, 5.74) is 1.26. The minimum absolute atomic E-state index is 0.195. The van der Waals surface area contributed by atoms with E-state index in [1.807, 2.05) is 0 Å². The minimum atomic E-state index is 0.195. The van der Waals surface area contributed by atoms with Gasteiger partial charge in [0.1, 0.15) is 0 Å². The van der Waals surface area contributed by atoms with Crippen LogP contribution in [0.5, 0.6) is 0 Å². The quantitative estimate of drug-likeness (QED) is 0.922. The molecule has 0 radical (unpaired) electrons. The van der Waals surface area contributed by atoms with Gasteiger partial charge in [-0.2, -0.15) is 0 Å². The molecule has 0 saturated carbocycles. The lowest BCUT2D eigenvalue weighted by Gasteiger charge is -2.32. The first kappa shape index (κ1) is 13.1. The zero-order valence-electron chi connectivity index (χ0n) is 10.4. The van der Waals surface area contributed by atoms with Crippen molar-refractivity contribution in [2.24, 2.45) is 5.92 Å². The summed E-state index contributed by atoms with van der Waals surface area (Å²) in [5.74, 6) is 0.686. The number of halogens is 1. The lowest BCUT2D eigenvalue weighted by Crippen LogP contribution is -2.41. The molecule has 2 rings (SSSR count). The molecule has 1 N–H and O–H groups in total. The van der Waals surface area contributed by atoms with E-state index in [-0.39, 0.29) is 6.10 Å². The number of nitrogens with one attached hydrogen (secondary N) is 1. The Morgan fingerprint density at radius 3 is 2.65 bits per heavy atom. The summed E-state index contributed by atoms with van der Waals surface area (Å²) in [4.78, 5) is 0. The highest BCUT2D eigenvalue weighted by atomic mass is 79.9. The van der Waals surface area contributed by atoms with Crippen molar-refractivity contribution in [3.63, 3.8) is 0 Å². The van der Waals surface area contributed by atoms with Crippen LogP contribution in [0.25, 0.3) is 0 Å². The predicted molar refractivity (Wildman–Crippen MR) is 74.1 cm³/mol. The van der Waals surface area contributed by atoms with Gasteiger partial charge >= 0.3 is 0 Å². The van der Waals surface area contributed by atoms with Crippen LogP contribution in [0, 0.1) is 5.92 Å². The molecule has 17 heavy (non-hydrogen) atoms. The summed E-state index contributed by atoms with van der Waals surface area (Å²) >= 11 is 3.46. The second-order valence-corrected chi connectivity index (χ2v) is 6.00. The van der Waals surface area contributed by atoms with Crippen molar-refractivity contribution in [1.82, 2.24) is 5.32 Å². The van der Waals surface area contributed by atoms with Gasteiger partial charge in [-0.3, -0.25) is 0 Å². The number of ether oxygens (including phenoxy) is 1. The standard InChI is InChI=1S/C14H20BrNO/c1-10(2)7-13-8-16-9-14(17-13)11-3-5-12(15)6-4-11/h3-6,10,13-14,16H,7-9H2,1-2H3. The largest absolute Gasteiger partial charge is 0.368 e. The molecule has 3 heteroatoms. The summed E-state index contributed by atoms with van der Waals surface area (Å²) in [5, 5.41) is 3.47. The Balaban J connectivity index is 1.99. The molecule has 2 atom stereocenters.